The van der Waals surface area contributed by atoms with E-state index in [1.54, 1.807) is 21.1 Å². The van der Waals surface area contributed by atoms with Crippen molar-refractivity contribution in [1.82, 2.24) is 5.32 Å². The fraction of sp³-hybridized carbons (Fsp3) is 0.800. The molecule has 0 aromatic rings. The quantitative estimate of drug-likeness (QED) is 0.140. The molecule has 7 nitrogen and oxygen atoms in total. The van der Waals surface area contributed by atoms with Crippen molar-refractivity contribution in [1.29, 1.82) is 0 Å². The topological polar surface area (TPSA) is 104 Å². The van der Waals surface area contributed by atoms with E-state index < -0.39 is 29.9 Å². The lowest BCUT2D eigenvalue weighted by molar-refractivity contribution is -0.887. The van der Waals surface area contributed by atoms with Crippen LogP contribution < -0.4 is 5.32 Å². The molecule has 7 heteroatoms. The third-order valence-electron chi connectivity index (χ3n) is 5.65. The Kier molecular flexibility index (Phi) is 16.6. The normalized spacial score (nSPS) is 13.8. The highest BCUT2D eigenvalue weighted by atomic mass is 16.4. The Labute approximate surface area is 194 Å². The van der Waals surface area contributed by atoms with Crippen LogP contribution in [0.2, 0.25) is 0 Å². The number of unbranched alkanes of at least 4 members (excludes halogenated alkanes) is 11. The Bertz CT molecular complexity index is 569. The van der Waals surface area contributed by atoms with Gasteiger partial charge in [0, 0.05) is 6.42 Å². The van der Waals surface area contributed by atoms with Crippen LogP contribution >= 0.6 is 0 Å². The van der Waals surface area contributed by atoms with Crippen LogP contribution in [0.4, 0.5) is 0 Å². The summed E-state index contributed by atoms with van der Waals surface area (Å²) in [7, 11) is 4.81. The molecule has 32 heavy (non-hydrogen) atoms. The zero-order valence-electron chi connectivity index (χ0n) is 20.8. The number of nitrogens with zero attached hydrogens (tertiary/aromatic N) is 1. The fourth-order valence-electron chi connectivity index (χ4n) is 3.80. The summed E-state index contributed by atoms with van der Waals surface area (Å²) in [5.74, 6) is -2.98. The second kappa shape index (κ2) is 17.6. The van der Waals surface area contributed by atoms with Crippen LogP contribution in [0, 0.1) is 0 Å². The number of hydrogen-bond acceptors (Lipinski definition) is 3. The first kappa shape index (κ1) is 30.1. The standard InChI is InChI=1S/C25H46N2O5/c1-5-6-7-8-9-10-11-12-13-14-15-16-17-18-19-20-21(28)26-22(24(29)30)23(25(31)32)27(2,3)4/h12-13,22-23H,5-11,14-20H2,1-4H3,(H2-,26,28,29,30,31,32)/p+1. The molecule has 0 heterocycles. The lowest BCUT2D eigenvalue weighted by atomic mass is 10.0. The molecule has 1 amide bonds. The molecule has 0 rings (SSSR count). The number of carboxylic acids is 2. The van der Waals surface area contributed by atoms with Crippen molar-refractivity contribution in [2.75, 3.05) is 21.1 Å². The van der Waals surface area contributed by atoms with Crippen LogP contribution in [0.25, 0.3) is 0 Å². The highest BCUT2D eigenvalue weighted by Gasteiger charge is 2.44. The maximum absolute atomic E-state index is 12.2. The van der Waals surface area contributed by atoms with E-state index in [0.717, 1.165) is 32.1 Å². The number of carbonyl (C=O) groups is 3. The van der Waals surface area contributed by atoms with Gasteiger partial charge in [-0.25, -0.2) is 9.59 Å². The molecule has 0 fully saturated rings. The van der Waals surface area contributed by atoms with Gasteiger partial charge in [-0.15, -0.1) is 0 Å². The molecular weight excluding hydrogens is 408 g/mol. The van der Waals surface area contributed by atoms with Crippen molar-refractivity contribution in [3.05, 3.63) is 12.2 Å². The maximum Gasteiger partial charge on any atom is 0.365 e. The van der Waals surface area contributed by atoms with Gasteiger partial charge in [-0.3, -0.25) is 4.79 Å². The van der Waals surface area contributed by atoms with E-state index in [9.17, 15) is 24.6 Å². The van der Waals surface area contributed by atoms with Crippen molar-refractivity contribution in [2.45, 2.75) is 109 Å². The highest BCUT2D eigenvalue weighted by molar-refractivity contribution is 5.89. The number of carbonyl (C=O) groups excluding carboxylic acids is 1. The van der Waals surface area contributed by atoms with Crippen LogP contribution in [0.15, 0.2) is 12.2 Å². The second-order valence-electron chi connectivity index (χ2n) is 9.62. The van der Waals surface area contributed by atoms with Gasteiger partial charge in [0.2, 0.25) is 11.9 Å². The van der Waals surface area contributed by atoms with Gasteiger partial charge in [0.15, 0.2) is 6.04 Å². The number of aliphatic carboxylic acids is 2. The van der Waals surface area contributed by atoms with Gasteiger partial charge in [-0.1, -0.05) is 70.4 Å². The molecule has 0 aromatic heterocycles. The van der Waals surface area contributed by atoms with Gasteiger partial charge < -0.3 is 20.0 Å². The average Bonchev–Trinajstić information content (AvgIpc) is 2.69. The third kappa shape index (κ3) is 15.0. The van der Waals surface area contributed by atoms with E-state index in [0.29, 0.717) is 6.42 Å². The minimum Gasteiger partial charge on any atom is -0.480 e. The van der Waals surface area contributed by atoms with Crippen LogP contribution in [0.3, 0.4) is 0 Å². The molecule has 0 aliphatic carbocycles. The van der Waals surface area contributed by atoms with E-state index in [-0.39, 0.29) is 10.9 Å². The number of quaternary nitrogens is 1. The average molecular weight is 456 g/mol. The zero-order valence-corrected chi connectivity index (χ0v) is 20.8. The molecule has 0 aliphatic rings. The summed E-state index contributed by atoms with van der Waals surface area (Å²) < 4.78 is -0.0972. The van der Waals surface area contributed by atoms with Gasteiger partial charge in [0.1, 0.15) is 0 Å². The monoisotopic (exact) mass is 455 g/mol. The number of hydrogen-bond donors (Lipinski definition) is 3. The van der Waals surface area contributed by atoms with Crippen LogP contribution in [0.1, 0.15) is 96.8 Å². The van der Waals surface area contributed by atoms with Gasteiger partial charge in [-0.2, -0.15) is 0 Å². The van der Waals surface area contributed by atoms with Crippen molar-refractivity contribution in [3.63, 3.8) is 0 Å². The van der Waals surface area contributed by atoms with E-state index in [4.69, 9.17) is 0 Å². The molecular formula is C25H47N2O5+. The summed E-state index contributed by atoms with van der Waals surface area (Å²) in [5, 5.41) is 21.2. The first-order chi connectivity index (χ1) is 15.1. The van der Waals surface area contributed by atoms with E-state index in [1.165, 1.54) is 44.9 Å². The largest absolute Gasteiger partial charge is 0.480 e. The summed E-state index contributed by atoms with van der Waals surface area (Å²) in [5.41, 5.74) is 0. The van der Waals surface area contributed by atoms with E-state index >= 15 is 0 Å². The number of allylic oxidation sites excluding steroid dienone is 2. The highest BCUT2D eigenvalue weighted by Crippen LogP contribution is 2.12. The Morgan fingerprint density at radius 1 is 0.750 bits per heavy atom. The van der Waals surface area contributed by atoms with Crippen molar-refractivity contribution in [2.24, 2.45) is 0 Å². The number of nitrogens with one attached hydrogen (secondary N) is 1. The molecule has 0 aromatic carbocycles. The third-order valence-corrected chi connectivity index (χ3v) is 5.65. The number of amides is 1. The van der Waals surface area contributed by atoms with Crippen LogP contribution in [-0.4, -0.2) is 65.8 Å². The smallest absolute Gasteiger partial charge is 0.365 e. The van der Waals surface area contributed by atoms with Gasteiger partial charge in [0.25, 0.3) is 0 Å². The summed E-state index contributed by atoms with van der Waals surface area (Å²) in [6, 6.07) is -2.71. The van der Waals surface area contributed by atoms with Gasteiger partial charge in [0.05, 0.1) is 21.1 Å². The van der Waals surface area contributed by atoms with E-state index in [2.05, 4.69) is 24.4 Å². The van der Waals surface area contributed by atoms with Crippen molar-refractivity contribution in [3.8, 4) is 0 Å². The van der Waals surface area contributed by atoms with Crippen LogP contribution in [-0.2, 0) is 14.4 Å². The lowest BCUT2D eigenvalue weighted by Crippen LogP contribution is -2.63. The Balaban J connectivity index is 3.93. The SMILES string of the molecule is CCCCCCCCC=CCCCCCCCC(=O)NC(C(=O)O)C(C(=O)O)[N+](C)(C)C. The molecule has 0 bridgehead atoms. The fourth-order valence-corrected chi connectivity index (χ4v) is 3.80. The molecule has 0 saturated heterocycles. The van der Waals surface area contributed by atoms with Crippen LogP contribution in [0.5, 0.6) is 0 Å². The number of likely N-dealkylation sites (N-methyl/N-ethyl adjacent to an activating group) is 1. The summed E-state index contributed by atoms with van der Waals surface area (Å²) >= 11 is 0. The van der Waals surface area contributed by atoms with Gasteiger partial charge >= 0.3 is 11.9 Å². The molecule has 2 unspecified atom stereocenters. The first-order valence-corrected chi connectivity index (χ1v) is 12.3. The molecule has 0 spiro atoms. The number of carboxylic acid groups (broad SMARTS) is 2. The zero-order chi connectivity index (χ0) is 24.4. The molecule has 0 saturated carbocycles. The molecule has 3 N–H and O–H groups in total. The lowest BCUT2D eigenvalue weighted by Gasteiger charge is -2.34. The molecule has 2 atom stereocenters. The summed E-state index contributed by atoms with van der Waals surface area (Å²) in [6.45, 7) is 2.24. The Morgan fingerprint density at radius 3 is 1.66 bits per heavy atom. The second-order valence-corrected chi connectivity index (χ2v) is 9.62. The minimum absolute atomic E-state index is 0.0972. The Morgan fingerprint density at radius 2 is 1.22 bits per heavy atom. The predicted molar refractivity (Wildman–Crippen MR) is 128 cm³/mol. The summed E-state index contributed by atoms with van der Waals surface area (Å²) in [6.07, 6.45) is 19.9. The number of rotatable bonds is 20. The Hall–Kier alpha value is -1.89. The maximum atomic E-state index is 12.2. The van der Waals surface area contributed by atoms with Crippen molar-refractivity contribution >= 4 is 17.8 Å². The van der Waals surface area contributed by atoms with Crippen molar-refractivity contribution < 1.29 is 29.1 Å². The molecule has 186 valence electrons. The first-order valence-electron chi connectivity index (χ1n) is 12.3. The van der Waals surface area contributed by atoms with E-state index in [1.807, 2.05) is 0 Å². The minimum atomic E-state index is -1.46. The van der Waals surface area contributed by atoms with Gasteiger partial charge in [-0.05, 0) is 32.1 Å². The molecule has 0 aliphatic heterocycles. The molecule has 0 radical (unpaired) electrons. The summed E-state index contributed by atoms with van der Waals surface area (Å²) in [4.78, 5) is 35.3. The predicted octanol–water partition coefficient (Wildman–Crippen LogP) is 4.75.